The van der Waals surface area contributed by atoms with Gasteiger partial charge in [-0.25, -0.2) is 9.18 Å². The van der Waals surface area contributed by atoms with Crippen molar-refractivity contribution in [1.29, 1.82) is 0 Å². The van der Waals surface area contributed by atoms with E-state index in [9.17, 15) is 23.9 Å². The molecule has 0 saturated carbocycles. The summed E-state index contributed by atoms with van der Waals surface area (Å²) in [7, 11) is 3.90. The maximum atomic E-state index is 13.9. The van der Waals surface area contributed by atoms with Crippen molar-refractivity contribution in [3.63, 3.8) is 0 Å². The number of anilines is 2. The first-order chi connectivity index (χ1) is 16.2. The van der Waals surface area contributed by atoms with Gasteiger partial charge < -0.3 is 25.5 Å². The number of likely N-dealkylation sites (N-methyl/N-ethyl adjacent to an activating group) is 1. The van der Waals surface area contributed by atoms with Crippen LogP contribution in [0, 0.1) is 5.82 Å². The first-order valence-corrected chi connectivity index (χ1v) is 11.1. The van der Waals surface area contributed by atoms with Crippen molar-refractivity contribution >= 4 is 29.2 Å². The number of hydrogen-bond acceptors (Lipinski definition) is 6. The molecule has 2 amide bonds. The molecule has 1 aliphatic heterocycles. The summed E-state index contributed by atoms with van der Waals surface area (Å²) in [5.41, 5.74) is 0.559. The Morgan fingerprint density at radius 2 is 1.74 bits per heavy atom. The lowest BCUT2D eigenvalue weighted by molar-refractivity contribution is -0.122. The van der Waals surface area contributed by atoms with Crippen LogP contribution in [-0.4, -0.2) is 92.6 Å². The quantitative estimate of drug-likeness (QED) is 0.510. The van der Waals surface area contributed by atoms with E-state index in [1.807, 2.05) is 23.9 Å². The summed E-state index contributed by atoms with van der Waals surface area (Å²) < 4.78 is 13.9. The van der Waals surface area contributed by atoms with Gasteiger partial charge in [0.25, 0.3) is 5.91 Å². The number of amides is 2. The average Bonchev–Trinajstić information content (AvgIpc) is 2.79. The van der Waals surface area contributed by atoms with Crippen LogP contribution in [0.5, 0.6) is 0 Å². The maximum Gasteiger partial charge on any atom is 0.337 e. The van der Waals surface area contributed by atoms with E-state index in [2.05, 4.69) is 15.5 Å². The Hall–Kier alpha value is -3.50. The van der Waals surface area contributed by atoms with Crippen LogP contribution >= 0.6 is 0 Å². The number of rotatable bonds is 9. The van der Waals surface area contributed by atoms with Crippen LogP contribution in [0.2, 0.25) is 0 Å². The second-order valence-electron chi connectivity index (χ2n) is 8.39. The molecule has 182 valence electrons. The Kier molecular flexibility index (Phi) is 8.55. The predicted molar refractivity (Wildman–Crippen MR) is 128 cm³/mol. The van der Waals surface area contributed by atoms with Gasteiger partial charge in [0.2, 0.25) is 5.91 Å². The Morgan fingerprint density at radius 3 is 2.38 bits per heavy atom. The molecule has 1 heterocycles. The molecular weight excluding hydrogens is 441 g/mol. The third kappa shape index (κ3) is 6.75. The lowest BCUT2D eigenvalue weighted by Gasteiger charge is -2.36. The molecule has 0 aromatic heterocycles. The first-order valence-electron chi connectivity index (χ1n) is 11.1. The Bertz CT molecular complexity index is 1040. The summed E-state index contributed by atoms with van der Waals surface area (Å²) >= 11 is 0. The number of aromatic carboxylic acids is 1. The second kappa shape index (κ2) is 11.6. The average molecular weight is 472 g/mol. The molecule has 1 saturated heterocycles. The van der Waals surface area contributed by atoms with Crippen molar-refractivity contribution in [3.8, 4) is 0 Å². The molecular formula is C24H30FN5O4. The Labute approximate surface area is 198 Å². The highest BCUT2D eigenvalue weighted by atomic mass is 19.1. The zero-order chi connectivity index (χ0) is 24.7. The van der Waals surface area contributed by atoms with Gasteiger partial charge >= 0.3 is 5.97 Å². The van der Waals surface area contributed by atoms with Crippen molar-refractivity contribution < 1.29 is 23.9 Å². The van der Waals surface area contributed by atoms with Crippen molar-refractivity contribution in [3.05, 3.63) is 59.4 Å². The van der Waals surface area contributed by atoms with E-state index < -0.39 is 17.7 Å². The Morgan fingerprint density at radius 1 is 1.03 bits per heavy atom. The van der Waals surface area contributed by atoms with Crippen molar-refractivity contribution in [2.75, 3.05) is 70.1 Å². The van der Waals surface area contributed by atoms with Gasteiger partial charge in [-0.2, -0.15) is 0 Å². The fraction of sp³-hybridized carbons (Fsp3) is 0.375. The van der Waals surface area contributed by atoms with Crippen LogP contribution in [0.4, 0.5) is 15.8 Å². The number of carbonyl (C=O) groups excluding carboxylic acids is 2. The molecule has 3 N–H and O–H groups in total. The van der Waals surface area contributed by atoms with Crippen molar-refractivity contribution in [2.45, 2.75) is 0 Å². The molecule has 1 aliphatic rings. The molecule has 1 fully saturated rings. The minimum absolute atomic E-state index is 0.0154. The number of carbonyl (C=O) groups is 3. The van der Waals surface area contributed by atoms with E-state index >= 15 is 0 Å². The summed E-state index contributed by atoms with van der Waals surface area (Å²) in [5, 5.41) is 15.1. The van der Waals surface area contributed by atoms with Crippen LogP contribution in [-0.2, 0) is 4.79 Å². The smallest absolute Gasteiger partial charge is 0.337 e. The lowest BCUT2D eigenvalue weighted by Crippen LogP contribution is -2.50. The van der Waals surface area contributed by atoms with Gasteiger partial charge in [-0.3, -0.25) is 14.5 Å². The second-order valence-corrected chi connectivity index (χ2v) is 8.39. The summed E-state index contributed by atoms with van der Waals surface area (Å²) in [6, 6.07) is 10.3. The minimum atomic E-state index is -1.20. The van der Waals surface area contributed by atoms with E-state index in [1.165, 1.54) is 36.4 Å². The van der Waals surface area contributed by atoms with Gasteiger partial charge in [-0.15, -0.1) is 0 Å². The zero-order valence-electron chi connectivity index (χ0n) is 19.4. The number of piperazine rings is 1. The number of nitrogens with one attached hydrogen (secondary N) is 2. The molecule has 9 nitrogen and oxygen atoms in total. The number of nitrogens with zero attached hydrogens (tertiary/aromatic N) is 3. The normalized spacial score (nSPS) is 14.2. The summed E-state index contributed by atoms with van der Waals surface area (Å²) in [6.07, 6.45) is 0. The molecule has 0 unspecified atom stereocenters. The van der Waals surface area contributed by atoms with Crippen LogP contribution in [0.3, 0.4) is 0 Å². The number of carboxylic acid groups (broad SMARTS) is 1. The van der Waals surface area contributed by atoms with E-state index in [4.69, 9.17) is 0 Å². The topological polar surface area (TPSA) is 105 Å². The van der Waals surface area contributed by atoms with Gasteiger partial charge in [-0.05, 0) is 44.4 Å². The number of halogens is 1. The van der Waals surface area contributed by atoms with Crippen LogP contribution in [0.15, 0.2) is 42.5 Å². The largest absolute Gasteiger partial charge is 0.478 e. The maximum absolute atomic E-state index is 13.9. The van der Waals surface area contributed by atoms with Gasteiger partial charge in [-0.1, -0.05) is 12.1 Å². The monoisotopic (exact) mass is 471 g/mol. The molecule has 2 aromatic carbocycles. The zero-order valence-corrected chi connectivity index (χ0v) is 19.4. The standard InChI is InChI=1S/C24H30FN5O4/c1-28(2)10-9-26-22(31)16-29-11-13-30(14-12-29)17-7-8-21(19(15-17)24(33)34)27-23(32)18-5-3-4-6-20(18)25/h3-8,15H,9-14,16H2,1-2H3,(H,26,31)(H,27,32)(H,33,34). The third-order valence-electron chi connectivity index (χ3n) is 5.59. The summed E-state index contributed by atoms with van der Waals surface area (Å²) in [4.78, 5) is 42.5. The molecule has 3 rings (SSSR count). The highest BCUT2D eigenvalue weighted by Gasteiger charge is 2.22. The third-order valence-corrected chi connectivity index (χ3v) is 5.59. The van der Waals surface area contributed by atoms with Crippen LogP contribution in [0.25, 0.3) is 0 Å². The van der Waals surface area contributed by atoms with E-state index in [-0.39, 0.29) is 22.7 Å². The fourth-order valence-corrected chi connectivity index (χ4v) is 3.69. The molecule has 0 spiro atoms. The van der Waals surface area contributed by atoms with E-state index in [0.717, 1.165) is 6.54 Å². The molecule has 10 heteroatoms. The molecule has 2 aromatic rings. The van der Waals surface area contributed by atoms with Gasteiger partial charge in [0.1, 0.15) is 5.82 Å². The molecule has 0 radical (unpaired) electrons. The molecule has 0 aliphatic carbocycles. The van der Waals surface area contributed by atoms with Crippen LogP contribution < -0.4 is 15.5 Å². The SMILES string of the molecule is CN(C)CCNC(=O)CN1CCN(c2ccc(NC(=O)c3ccccc3F)c(C(=O)O)c2)CC1. The van der Waals surface area contributed by atoms with Crippen molar-refractivity contribution in [2.24, 2.45) is 0 Å². The first kappa shape index (κ1) is 25.1. The highest BCUT2D eigenvalue weighted by molar-refractivity contribution is 6.08. The van der Waals surface area contributed by atoms with E-state index in [1.54, 1.807) is 6.07 Å². The number of benzene rings is 2. The fourth-order valence-electron chi connectivity index (χ4n) is 3.69. The van der Waals surface area contributed by atoms with Crippen LogP contribution in [0.1, 0.15) is 20.7 Å². The number of carboxylic acids is 1. The molecule has 34 heavy (non-hydrogen) atoms. The Balaban J connectivity index is 1.60. The van der Waals surface area contributed by atoms with Crippen molar-refractivity contribution in [1.82, 2.24) is 15.1 Å². The van der Waals surface area contributed by atoms with E-state index in [0.29, 0.717) is 45.0 Å². The highest BCUT2D eigenvalue weighted by Crippen LogP contribution is 2.25. The lowest BCUT2D eigenvalue weighted by atomic mass is 10.1. The molecule has 0 bridgehead atoms. The van der Waals surface area contributed by atoms with Gasteiger partial charge in [0, 0.05) is 45.0 Å². The molecule has 0 atom stereocenters. The predicted octanol–water partition coefficient (Wildman–Crippen LogP) is 1.58. The van der Waals surface area contributed by atoms with Gasteiger partial charge in [0.05, 0.1) is 23.4 Å². The summed E-state index contributed by atoms with van der Waals surface area (Å²) in [5.74, 6) is -2.61. The summed E-state index contributed by atoms with van der Waals surface area (Å²) in [6.45, 7) is 4.29. The number of hydrogen-bond donors (Lipinski definition) is 3. The van der Waals surface area contributed by atoms with Gasteiger partial charge in [0.15, 0.2) is 0 Å². The minimum Gasteiger partial charge on any atom is -0.478 e.